The number of hydrogen-bond acceptors (Lipinski definition) is 3. The van der Waals surface area contributed by atoms with Gasteiger partial charge in [-0.2, -0.15) is 0 Å². The number of nitrogens with one attached hydrogen (secondary N) is 1. The summed E-state index contributed by atoms with van der Waals surface area (Å²) < 4.78 is 0. The number of hydrogen-bond donors (Lipinski definition) is 1. The number of nitrogens with zero attached hydrogens (tertiary/aromatic N) is 1. The van der Waals surface area contributed by atoms with E-state index in [1.165, 1.54) is 11.1 Å². The molecule has 2 amide bonds. The maximum atomic E-state index is 13.6. The summed E-state index contributed by atoms with van der Waals surface area (Å²) >= 11 is 7.79. The van der Waals surface area contributed by atoms with Crippen LogP contribution < -0.4 is 5.32 Å². The molecule has 0 heterocycles. The molecule has 184 valence electrons. The molecule has 3 aromatic rings. The summed E-state index contributed by atoms with van der Waals surface area (Å²) in [5.74, 6) is 0.803. The Morgan fingerprint density at radius 1 is 0.914 bits per heavy atom. The average Bonchev–Trinajstić information content (AvgIpc) is 2.82. The molecule has 0 fully saturated rings. The molecule has 0 radical (unpaired) electrons. The first-order valence-corrected chi connectivity index (χ1v) is 13.4. The van der Waals surface area contributed by atoms with Crippen LogP contribution in [0, 0.1) is 6.92 Å². The van der Waals surface area contributed by atoms with Crippen molar-refractivity contribution in [2.75, 3.05) is 5.75 Å². The van der Waals surface area contributed by atoms with Gasteiger partial charge in [-0.05, 0) is 49.6 Å². The zero-order valence-electron chi connectivity index (χ0n) is 20.5. The minimum Gasteiger partial charge on any atom is -0.352 e. The van der Waals surface area contributed by atoms with E-state index in [1.54, 1.807) is 16.7 Å². The predicted octanol–water partition coefficient (Wildman–Crippen LogP) is 6.05. The molecule has 0 bridgehead atoms. The smallest absolute Gasteiger partial charge is 0.243 e. The van der Waals surface area contributed by atoms with Gasteiger partial charge in [0.15, 0.2) is 0 Å². The number of aryl methyl sites for hydroxylation is 1. The zero-order chi connectivity index (χ0) is 25.2. The minimum atomic E-state index is -0.633. The standard InChI is InChI=1S/C29H33ClN2O2S/c1-21(2)31-29(34)27(17-23-8-5-4-6-9-23)32(18-25-10-7-11-26(30)16-25)28(33)20-35-19-24-14-12-22(3)13-15-24/h4-16,21,27H,17-20H2,1-3H3,(H,31,34)/t27-/m1/s1. The van der Waals surface area contributed by atoms with E-state index in [9.17, 15) is 9.59 Å². The Morgan fingerprint density at radius 3 is 2.26 bits per heavy atom. The van der Waals surface area contributed by atoms with Gasteiger partial charge in [0, 0.05) is 29.8 Å². The van der Waals surface area contributed by atoms with E-state index in [0.717, 1.165) is 16.9 Å². The van der Waals surface area contributed by atoms with Gasteiger partial charge in [-0.1, -0.05) is 83.9 Å². The van der Waals surface area contributed by atoms with Gasteiger partial charge in [0.05, 0.1) is 5.75 Å². The fourth-order valence-electron chi connectivity index (χ4n) is 3.79. The van der Waals surface area contributed by atoms with Crippen LogP contribution in [0.2, 0.25) is 5.02 Å². The summed E-state index contributed by atoms with van der Waals surface area (Å²) in [6, 6.07) is 25.0. The van der Waals surface area contributed by atoms with Crippen LogP contribution in [0.3, 0.4) is 0 Å². The molecule has 0 unspecified atom stereocenters. The molecular weight excluding hydrogens is 476 g/mol. The van der Waals surface area contributed by atoms with Gasteiger partial charge >= 0.3 is 0 Å². The minimum absolute atomic E-state index is 0.0280. The molecule has 1 atom stereocenters. The number of thioether (sulfide) groups is 1. The molecule has 0 saturated carbocycles. The second-order valence-corrected chi connectivity index (χ2v) is 10.4. The molecule has 1 N–H and O–H groups in total. The van der Waals surface area contributed by atoms with Crippen LogP contribution in [0.4, 0.5) is 0 Å². The average molecular weight is 509 g/mol. The molecule has 6 heteroatoms. The van der Waals surface area contributed by atoms with E-state index in [-0.39, 0.29) is 23.6 Å². The van der Waals surface area contributed by atoms with E-state index < -0.39 is 6.04 Å². The SMILES string of the molecule is Cc1ccc(CSCC(=O)N(Cc2cccc(Cl)c2)[C@H](Cc2ccccc2)C(=O)NC(C)C)cc1. The maximum absolute atomic E-state index is 13.6. The highest BCUT2D eigenvalue weighted by molar-refractivity contribution is 7.99. The second-order valence-electron chi connectivity index (χ2n) is 9.00. The Morgan fingerprint density at radius 2 is 1.60 bits per heavy atom. The lowest BCUT2D eigenvalue weighted by molar-refractivity contribution is -0.139. The van der Waals surface area contributed by atoms with Crippen molar-refractivity contribution in [2.24, 2.45) is 0 Å². The Labute approximate surface area is 218 Å². The number of amides is 2. The van der Waals surface area contributed by atoms with Gasteiger partial charge in [0.1, 0.15) is 6.04 Å². The Kier molecular flexibility index (Phi) is 10.2. The highest BCUT2D eigenvalue weighted by Gasteiger charge is 2.30. The van der Waals surface area contributed by atoms with Crippen molar-refractivity contribution in [1.82, 2.24) is 10.2 Å². The largest absolute Gasteiger partial charge is 0.352 e. The molecule has 4 nitrogen and oxygen atoms in total. The summed E-state index contributed by atoms with van der Waals surface area (Å²) in [6.07, 6.45) is 0.439. The van der Waals surface area contributed by atoms with Gasteiger partial charge in [-0.3, -0.25) is 9.59 Å². The van der Waals surface area contributed by atoms with Crippen molar-refractivity contribution < 1.29 is 9.59 Å². The molecule has 0 saturated heterocycles. The molecule has 0 aliphatic carbocycles. The van der Waals surface area contributed by atoms with E-state index in [0.29, 0.717) is 18.0 Å². The van der Waals surface area contributed by atoms with E-state index in [4.69, 9.17) is 11.6 Å². The van der Waals surface area contributed by atoms with Crippen LogP contribution >= 0.6 is 23.4 Å². The molecule has 0 aliphatic heterocycles. The first-order chi connectivity index (χ1) is 16.8. The molecule has 0 aliphatic rings. The fourth-order valence-corrected chi connectivity index (χ4v) is 4.87. The van der Waals surface area contributed by atoms with E-state index in [1.807, 2.05) is 68.4 Å². The zero-order valence-corrected chi connectivity index (χ0v) is 22.1. The third kappa shape index (κ3) is 8.75. The first-order valence-electron chi connectivity index (χ1n) is 11.8. The number of rotatable bonds is 11. The lowest BCUT2D eigenvalue weighted by Crippen LogP contribution is -2.52. The summed E-state index contributed by atoms with van der Waals surface area (Å²) in [6.45, 7) is 6.23. The first kappa shape index (κ1) is 26.8. The lowest BCUT2D eigenvalue weighted by atomic mass is 10.0. The van der Waals surface area contributed by atoms with Crippen LogP contribution in [-0.2, 0) is 28.3 Å². The van der Waals surface area contributed by atoms with Gasteiger partial charge < -0.3 is 10.2 Å². The molecule has 0 aromatic heterocycles. The second kappa shape index (κ2) is 13.4. The number of halogens is 1. The highest BCUT2D eigenvalue weighted by atomic mass is 35.5. The summed E-state index contributed by atoms with van der Waals surface area (Å²) in [5, 5.41) is 3.62. The van der Waals surface area contributed by atoms with Crippen LogP contribution in [0.25, 0.3) is 0 Å². The topological polar surface area (TPSA) is 49.4 Å². The molecule has 35 heavy (non-hydrogen) atoms. The van der Waals surface area contributed by atoms with Crippen molar-refractivity contribution in [3.05, 3.63) is 106 Å². The third-order valence-corrected chi connectivity index (χ3v) is 6.78. The van der Waals surface area contributed by atoms with Crippen molar-refractivity contribution in [3.8, 4) is 0 Å². The van der Waals surface area contributed by atoms with Gasteiger partial charge in [-0.15, -0.1) is 11.8 Å². The van der Waals surface area contributed by atoms with Crippen molar-refractivity contribution in [3.63, 3.8) is 0 Å². The Balaban J connectivity index is 1.84. The normalized spacial score (nSPS) is 11.8. The molecule has 0 spiro atoms. The monoisotopic (exact) mass is 508 g/mol. The fraction of sp³-hybridized carbons (Fsp3) is 0.310. The Hall–Kier alpha value is -2.76. The van der Waals surface area contributed by atoms with Crippen LogP contribution in [0.1, 0.15) is 36.1 Å². The van der Waals surface area contributed by atoms with Crippen LogP contribution in [0.15, 0.2) is 78.9 Å². The van der Waals surface area contributed by atoms with Crippen molar-refractivity contribution >= 4 is 35.2 Å². The van der Waals surface area contributed by atoms with Crippen LogP contribution in [-0.4, -0.2) is 34.6 Å². The maximum Gasteiger partial charge on any atom is 0.243 e. The lowest BCUT2D eigenvalue weighted by Gasteiger charge is -2.32. The number of carbonyl (C=O) groups is 2. The van der Waals surface area contributed by atoms with E-state index >= 15 is 0 Å². The number of carbonyl (C=O) groups excluding carboxylic acids is 2. The van der Waals surface area contributed by atoms with Crippen molar-refractivity contribution in [2.45, 2.75) is 51.6 Å². The third-order valence-electron chi connectivity index (χ3n) is 5.56. The van der Waals surface area contributed by atoms with Gasteiger partial charge in [-0.25, -0.2) is 0 Å². The Bertz CT molecular complexity index is 1100. The summed E-state index contributed by atoms with van der Waals surface area (Å²) in [5.41, 5.74) is 4.29. The summed E-state index contributed by atoms with van der Waals surface area (Å²) in [4.78, 5) is 28.6. The van der Waals surface area contributed by atoms with Crippen molar-refractivity contribution in [1.29, 1.82) is 0 Å². The molecule has 3 rings (SSSR count). The van der Waals surface area contributed by atoms with Crippen LogP contribution in [0.5, 0.6) is 0 Å². The predicted molar refractivity (Wildman–Crippen MR) is 147 cm³/mol. The van der Waals surface area contributed by atoms with Gasteiger partial charge in [0.25, 0.3) is 0 Å². The quantitative estimate of drug-likeness (QED) is 0.343. The molecule has 3 aromatic carbocycles. The van der Waals surface area contributed by atoms with E-state index in [2.05, 4.69) is 36.5 Å². The summed E-state index contributed by atoms with van der Waals surface area (Å²) in [7, 11) is 0. The molecular formula is C29H33ClN2O2S. The van der Waals surface area contributed by atoms with Gasteiger partial charge in [0.2, 0.25) is 11.8 Å². The number of benzene rings is 3. The highest BCUT2D eigenvalue weighted by Crippen LogP contribution is 2.20.